The molecule has 1 aliphatic rings. The molecular formula is C24H32FN3O3. The van der Waals surface area contributed by atoms with Gasteiger partial charge in [-0.1, -0.05) is 6.92 Å². The average Bonchev–Trinajstić information content (AvgIpc) is 2.71. The number of amides is 2. The fourth-order valence-corrected chi connectivity index (χ4v) is 4.57. The number of ether oxygens (including phenoxy) is 1. The Hall–Kier alpha value is -2.70. The van der Waals surface area contributed by atoms with Gasteiger partial charge < -0.3 is 4.74 Å². The monoisotopic (exact) mass is 429 g/mol. The van der Waals surface area contributed by atoms with Crippen molar-refractivity contribution in [2.45, 2.75) is 71.3 Å². The van der Waals surface area contributed by atoms with Crippen LogP contribution in [0.1, 0.15) is 71.3 Å². The summed E-state index contributed by atoms with van der Waals surface area (Å²) in [5.74, 6) is -0.0538. The van der Waals surface area contributed by atoms with Gasteiger partial charge >= 0.3 is 6.09 Å². The molecule has 1 atom stereocenters. The topological polar surface area (TPSA) is 80.3 Å². The molecular weight excluding hydrogens is 397 g/mol. The standard InChI is InChI=1S/C24H32FN3O3/c1-5-18(22(29)27-28-23(30)31-24(2,3)4)15-6-8-16(9-7-15)19-12-13-26-21-11-10-17(25)14-20(19)21/h10-16,18H,5-9H2,1-4H3,(H,27,29)(H,28,30). The first-order valence-electron chi connectivity index (χ1n) is 11.0. The summed E-state index contributed by atoms with van der Waals surface area (Å²) in [6.07, 6.45) is 5.49. The summed E-state index contributed by atoms with van der Waals surface area (Å²) in [6.45, 7) is 7.29. The number of pyridine rings is 1. The third kappa shape index (κ3) is 5.93. The largest absolute Gasteiger partial charge is 0.443 e. The Morgan fingerprint density at radius 1 is 1.16 bits per heavy atom. The van der Waals surface area contributed by atoms with E-state index in [1.165, 1.54) is 6.07 Å². The van der Waals surface area contributed by atoms with E-state index in [-0.39, 0.29) is 23.6 Å². The smallest absolute Gasteiger partial charge is 0.426 e. The van der Waals surface area contributed by atoms with Crippen LogP contribution < -0.4 is 10.9 Å². The predicted molar refractivity (Wildman–Crippen MR) is 118 cm³/mol. The fourth-order valence-electron chi connectivity index (χ4n) is 4.57. The SMILES string of the molecule is CCC(C(=O)NNC(=O)OC(C)(C)C)C1CCC(c2ccnc3ccc(F)cc23)CC1. The second kappa shape index (κ2) is 9.62. The Kier molecular flexibility index (Phi) is 7.13. The van der Waals surface area contributed by atoms with Gasteiger partial charge in [0.1, 0.15) is 11.4 Å². The quantitative estimate of drug-likeness (QED) is 0.652. The van der Waals surface area contributed by atoms with Gasteiger partial charge in [-0.15, -0.1) is 0 Å². The van der Waals surface area contributed by atoms with Crippen LogP contribution in [-0.2, 0) is 9.53 Å². The number of fused-ring (bicyclic) bond motifs is 1. The van der Waals surface area contributed by atoms with Gasteiger partial charge in [-0.3, -0.25) is 15.2 Å². The molecule has 2 N–H and O–H groups in total. The first-order chi connectivity index (χ1) is 14.7. The minimum atomic E-state index is -0.670. The highest BCUT2D eigenvalue weighted by molar-refractivity contribution is 5.83. The lowest BCUT2D eigenvalue weighted by atomic mass is 9.72. The van der Waals surface area contributed by atoms with Crippen LogP contribution in [0.4, 0.5) is 9.18 Å². The van der Waals surface area contributed by atoms with E-state index in [0.29, 0.717) is 12.3 Å². The average molecular weight is 430 g/mol. The predicted octanol–water partition coefficient (Wildman–Crippen LogP) is 5.23. The van der Waals surface area contributed by atoms with Crippen molar-refractivity contribution in [3.63, 3.8) is 0 Å². The summed E-state index contributed by atoms with van der Waals surface area (Å²) in [5, 5.41) is 0.872. The van der Waals surface area contributed by atoms with E-state index < -0.39 is 11.7 Å². The van der Waals surface area contributed by atoms with Crippen molar-refractivity contribution < 1.29 is 18.7 Å². The molecule has 3 rings (SSSR count). The van der Waals surface area contributed by atoms with Crippen LogP contribution >= 0.6 is 0 Å². The maximum atomic E-state index is 13.8. The molecule has 1 unspecified atom stereocenters. The molecule has 1 aromatic carbocycles. The molecule has 0 aliphatic heterocycles. The van der Waals surface area contributed by atoms with Gasteiger partial charge in [-0.05, 0) is 94.5 Å². The van der Waals surface area contributed by atoms with Crippen molar-refractivity contribution in [1.29, 1.82) is 0 Å². The van der Waals surface area contributed by atoms with E-state index in [1.807, 2.05) is 13.0 Å². The molecule has 2 aromatic rings. The first kappa shape index (κ1) is 23.0. The van der Waals surface area contributed by atoms with Crippen molar-refractivity contribution in [2.24, 2.45) is 11.8 Å². The van der Waals surface area contributed by atoms with Gasteiger partial charge in [0.25, 0.3) is 0 Å². The molecule has 1 heterocycles. The molecule has 1 fully saturated rings. The van der Waals surface area contributed by atoms with Crippen LogP contribution in [-0.4, -0.2) is 22.6 Å². The summed E-state index contributed by atoms with van der Waals surface area (Å²) in [4.78, 5) is 28.8. The molecule has 1 aromatic heterocycles. The van der Waals surface area contributed by atoms with E-state index in [1.54, 1.807) is 39.1 Å². The maximum Gasteiger partial charge on any atom is 0.426 e. The lowest BCUT2D eigenvalue weighted by Crippen LogP contribution is -2.48. The number of nitrogens with one attached hydrogen (secondary N) is 2. The van der Waals surface area contributed by atoms with Crippen LogP contribution in [0.2, 0.25) is 0 Å². The number of aromatic nitrogens is 1. The second-order valence-corrected chi connectivity index (χ2v) is 9.30. The number of benzene rings is 1. The van der Waals surface area contributed by atoms with Crippen LogP contribution in [0.15, 0.2) is 30.5 Å². The molecule has 0 spiro atoms. The van der Waals surface area contributed by atoms with Gasteiger partial charge in [0, 0.05) is 17.5 Å². The van der Waals surface area contributed by atoms with E-state index in [0.717, 1.165) is 42.1 Å². The molecule has 168 valence electrons. The summed E-state index contributed by atoms with van der Waals surface area (Å²) in [6, 6.07) is 6.70. The van der Waals surface area contributed by atoms with E-state index in [2.05, 4.69) is 15.8 Å². The highest BCUT2D eigenvalue weighted by atomic mass is 19.1. The summed E-state index contributed by atoms with van der Waals surface area (Å²) < 4.78 is 19.0. The lowest BCUT2D eigenvalue weighted by molar-refractivity contribution is -0.128. The molecule has 1 saturated carbocycles. The van der Waals surface area contributed by atoms with Crippen LogP contribution in [0.3, 0.4) is 0 Å². The molecule has 0 radical (unpaired) electrons. The number of nitrogens with zero attached hydrogens (tertiary/aromatic N) is 1. The van der Waals surface area contributed by atoms with Gasteiger partial charge in [-0.2, -0.15) is 0 Å². The van der Waals surface area contributed by atoms with E-state index >= 15 is 0 Å². The zero-order valence-corrected chi connectivity index (χ0v) is 18.7. The van der Waals surface area contributed by atoms with Gasteiger partial charge in [0.2, 0.25) is 5.91 Å². The highest BCUT2D eigenvalue weighted by Crippen LogP contribution is 2.41. The number of hydrogen-bond acceptors (Lipinski definition) is 4. The normalized spacial score (nSPS) is 20.2. The number of halogens is 1. The Labute approximate surface area is 182 Å². The Morgan fingerprint density at radius 2 is 1.87 bits per heavy atom. The number of carbonyl (C=O) groups excluding carboxylic acids is 2. The number of hydrogen-bond donors (Lipinski definition) is 2. The third-order valence-electron chi connectivity index (χ3n) is 5.98. The maximum absolute atomic E-state index is 13.8. The zero-order valence-electron chi connectivity index (χ0n) is 18.7. The van der Waals surface area contributed by atoms with Gasteiger partial charge in [0.15, 0.2) is 0 Å². The molecule has 7 heteroatoms. The number of rotatable bonds is 4. The molecule has 0 bridgehead atoms. The van der Waals surface area contributed by atoms with Crippen molar-refractivity contribution in [2.75, 3.05) is 0 Å². The van der Waals surface area contributed by atoms with Crippen LogP contribution in [0, 0.1) is 17.7 Å². The third-order valence-corrected chi connectivity index (χ3v) is 5.98. The van der Waals surface area contributed by atoms with Gasteiger partial charge in [0.05, 0.1) is 5.52 Å². The van der Waals surface area contributed by atoms with Crippen molar-refractivity contribution in [3.05, 3.63) is 41.8 Å². The Balaban J connectivity index is 1.60. The van der Waals surface area contributed by atoms with E-state index in [9.17, 15) is 14.0 Å². The molecule has 0 saturated heterocycles. The summed E-state index contributed by atoms with van der Waals surface area (Å²) in [5.41, 5.74) is 6.17. The number of hydrazine groups is 1. The van der Waals surface area contributed by atoms with Crippen molar-refractivity contribution in [3.8, 4) is 0 Å². The van der Waals surface area contributed by atoms with Crippen LogP contribution in [0.25, 0.3) is 10.9 Å². The molecule has 1 aliphatic carbocycles. The van der Waals surface area contributed by atoms with E-state index in [4.69, 9.17) is 4.74 Å². The highest BCUT2D eigenvalue weighted by Gasteiger charge is 2.32. The molecule has 31 heavy (non-hydrogen) atoms. The second-order valence-electron chi connectivity index (χ2n) is 9.30. The first-order valence-corrected chi connectivity index (χ1v) is 11.0. The zero-order chi connectivity index (χ0) is 22.6. The Morgan fingerprint density at radius 3 is 2.52 bits per heavy atom. The van der Waals surface area contributed by atoms with Crippen molar-refractivity contribution in [1.82, 2.24) is 15.8 Å². The minimum Gasteiger partial charge on any atom is -0.443 e. The van der Waals surface area contributed by atoms with Crippen molar-refractivity contribution >= 4 is 22.9 Å². The number of carbonyl (C=O) groups is 2. The minimum absolute atomic E-state index is 0.178. The van der Waals surface area contributed by atoms with Crippen LogP contribution in [0.5, 0.6) is 0 Å². The lowest BCUT2D eigenvalue weighted by Gasteiger charge is -2.33. The fraction of sp³-hybridized carbons (Fsp3) is 0.542. The molecule has 2 amide bonds. The Bertz CT molecular complexity index is 933. The molecule has 6 nitrogen and oxygen atoms in total. The summed E-state index contributed by atoms with van der Waals surface area (Å²) >= 11 is 0. The van der Waals surface area contributed by atoms with Gasteiger partial charge in [-0.25, -0.2) is 14.6 Å². The summed E-state index contributed by atoms with van der Waals surface area (Å²) in [7, 11) is 0.